The zero-order chi connectivity index (χ0) is 12.3. The Bertz CT molecular complexity index is 299. The second-order valence-corrected chi connectivity index (χ2v) is 4.83. The third-order valence-corrected chi connectivity index (χ3v) is 3.59. The Morgan fingerprint density at radius 2 is 1.76 bits per heavy atom. The molecule has 1 aliphatic heterocycles. The normalized spacial score (nSPS) is 25.9. The summed E-state index contributed by atoms with van der Waals surface area (Å²) in [5.74, 6) is -0.928. The minimum atomic E-state index is -0.928. The topological polar surface area (TPSA) is 66.8 Å². The molecule has 5 heteroatoms. The average molecular weight is 241 g/mol. The van der Waals surface area contributed by atoms with Crippen LogP contribution in [0.1, 0.15) is 44.9 Å². The van der Waals surface area contributed by atoms with Gasteiger partial charge in [-0.05, 0) is 38.5 Å². The maximum Gasteiger partial charge on any atom is 0.410 e. The van der Waals surface area contributed by atoms with Gasteiger partial charge in [-0.2, -0.15) is 0 Å². The maximum atomic E-state index is 11.9. The van der Waals surface area contributed by atoms with E-state index in [-0.39, 0.29) is 6.10 Å². The summed E-state index contributed by atoms with van der Waals surface area (Å²) in [4.78, 5) is 24.2. The number of carboxylic acid groups (broad SMARTS) is 1. The summed E-state index contributed by atoms with van der Waals surface area (Å²) in [6.07, 6.45) is 6.06. The molecule has 1 atom stereocenters. The van der Waals surface area contributed by atoms with Crippen molar-refractivity contribution < 1.29 is 19.4 Å². The van der Waals surface area contributed by atoms with Crippen molar-refractivity contribution >= 4 is 12.1 Å². The van der Waals surface area contributed by atoms with Crippen molar-refractivity contribution in [3.63, 3.8) is 0 Å². The summed E-state index contributed by atoms with van der Waals surface area (Å²) in [6.45, 7) is 0.503. The van der Waals surface area contributed by atoms with E-state index in [1.54, 1.807) is 0 Å². The second kappa shape index (κ2) is 5.38. The van der Waals surface area contributed by atoms with Gasteiger partial charge >= 0.3 is 12.1 Å². The molecule has 5 nitrogen and oxygen atoms in total. The fourth-order valence-electron chi connectivity index (χ4n) is 2.64. The van der Waals surface area contributed by atoms with Gasteiger partial charge in [-0.3, -0.25) is 4.90 Å². The van der Waals surface area contributed by atoms with Crippen molar-refractivity contribution in [2.75, 3.05) is 6.54 Å². The van der Waals surface area contributed by atoms with E-state index in [0.717, 1.165) is 32.1 Å². The summed E-state index contributed by atoms with van der Waals surface area (Å²) in [5.41, 5.74) is 0. The summed E-state index contributed by atoms with van der Waals surface area (Å²) >= 11 is 0. The molecule has 1 aliphatic carbocycles. The van der Waals surface area contributed by atoms with E-state index in [2.05, 4.69) is 0 Å². The zero-order valence-electron chi connectivity index (χ0n) is 9.93. The molecule has 0 aromatic carbocycles. The number of ether oxygens (including phenoxy) is 1. The maximum absolute atomic E-state index is 11.9. The Balaban J connectivity index is 1.88. The van der Waals surface area contributed by atoms with Gasteiger partial charge in [-0.1, -0.05) is 6.42 Å². The molecule has 2 rings (SSSR count). The number of carbonyl (C=O) groups excluding carboxylic acids is 1. The van der Waals surface area contributed by atoms with E-state index in [1.165, 1.54) is 11.3 Å². The Morgan fingerprint density at radius 1 is 1.06 bits per heavy atom. The van der Waals surface area contributed by atoms with Crippen LogP contribution in [0.15, 0.2) is 0 Å². The van der Waals surface area contributed by atoms with Gasteiger partial charge in [0.2, 0.25) is 0 Å². The molecule has 1 N–H and O–H groups in total. The van der Waals surface area contributed by atoms with E-state index in [9.17, 15) is 9.59 Å². The summed E-state index contributed by atoms with van der Waals surface area (Å²) in [6, 6.07) is -0.689. The zero-order valence-corrected chi connectivity index (χ0v) is 9.93. The quantitative estimate of drug-likeness (QED) is 0.803. The number of rotatable bonds is 2. The van der Waals surface area contributed by atoms with Gasteiger partial charge in [0.05, 0.1) is 0 Å². The monoisotopic (exact) mass is 241 g/mol. The average Bonchev–Trinajstić information content (AvgIpc) is 2.79. The third-order valence-electron chi connectivity index (χ3n) is 3.59. The molecular formula is C12H19NO4. The molecule has 1 saturated heterocycles. The van der Waals surface area contributed by atoms with Crippen LogP contribution in [0, 0.1) is 0 Å². The summed E-state index contributed by atoms with van der Waals surface area (Å²) in [5, 5.41) is 8.99. The van der Waals surface area contributed by atoms with Gasteiger partial charge in [0, 0.05) is 6.54 Å². The molecular weight excluding hydrogens is 222 g/mol. The molecule has 1 amide bonds. The summed E-state index contributed by atoms with van der Waals surface area (Å²) < 4.78 is 5.38. The second-order valence-electron chi connectivity index (χ2n) is 4.83. The van der Waals surface area contributed by atoms with Crippen molar-refractivity contribution in [3.05, 3.63) is 0 Å². The first-order valence-corrected chi connectivity index (χ1v) is 6.38. The Hall–Kier alpha value is -1.26. The lowest BCUT2D eigenvalue weighted by molar-refractivity contribution is -0.141. The van der Waals surface area contributed by atoms with Crippen LogP contribution >= 0.6 is 0 Å². The van der Waals surface area contributed by atoms with Gasteiger partial charge < -0.3 is 9.84 Å². The number of carbonyl (C=O) groups is 2. The van der Waals surface area contributed by atoms with E-state index in [4.69, 9.17) is 9.84 Å². The van der Waals surface area contributed by atoms with Crippen molar-refractivity contribution in [1.82, 2.24) is 4.90 Å². The first-order chi connectivity index (χ1) is 8.18. The molecule has 0 bridgehead atoms. The van der Waals surface area contributed by atoms with Gasteiger partial charge in [0.1, 0.15) is 12.1 Å². The van der Waals surface area contributed by atoms with Crippen LogP contribution in [0.25, 0.3) is 0 Å². The number of carboxylic acids is 1. The van der Waals surface area contributed by atoms with Gasteiger partial charge in [0.15, 0.2) is 0 Å². The molecule has 0 unspecified atom stereocenters. The highest BCUT2D eigenvalue weighted by Crippen LogP contribution is 2.23. The highest BCUT2D eigenvalue weighted by Gasteiger charge is 2.35. The smallest absolute Gasteiger partial charge is 0.410 e. The standard InChI is InChI=1S/C12H19NO4/c14-11(15)10-7-4-8-13(10)12(16)17-9-5-2-1-3-6-9/h9-10H,1-8H2,(H,14,15)/t10-/m0/s1. The Kier molecular flexibility index (Phi) is 3.86. The van der Waals surface area contributed by atoms with Crippen molar-refractivity contribution in [2.24, 2.45) is 0 Å². The molecule has 17 heavy (non-hydrogen) atoms. The van der Waals surface area contributed by atoms with Crippen LogP contribution in [-0.4, -0.2) is 40.8 Å². The fourth-order valence-corrected chi connectivity index (χ4v) is 2.64. The molecule has 0 aromatic heterocycles. The number of nitrogens with zero attached hydrogens (tertiary/aromatic N) is 1. The predicted octanol–water partition coefficient (Wildman–Crippen LogP) is 2.00. The lowest BCUT2D eigenvalue weighted by Gasteiger charge is -2.26. The molecule has 1 heterocycles. The van der Waals surface area contributed by atoms with Crippen LogP contribution in [-0.2, 0) is 9.53 Å². The number of aliphatic carboxylic acids is 1. The van der Waals surface area contributed by atoms with E-state index >= 15 is 0 Å². The summed E-state index contributed by atoms with van der Waals surface area (Å²) in [7, 11) is 0. The van der Waals surface area contributed by atoms with Crippen molar-refractivity contribution in [2.45, 2.75) is 57.1 Å². The van der Waals surface area contributed by atoms with Gasteiger partial charge in [-0.15, -0.1) is 0 Å². The Morgan fingerprint density at radius 3 is 2.41 bits per heavy atom. The lowest BCUT2D eigenvalue weighted by Crippen LogP contribution is -2.42. The first-order valence-electron chi connectivity index (χ1n) is 6.38. The van der Waals surface area contributed by atoms with Crippen LogP contribution in [0.5, 0.6) is 0 Å². The van der Waals surface area contributed by atoms with Crippen molar-refractivity contribution in [3.8, 4) is 0 Å². The largest absolute Gasteiger partial charge is 0.480 e. The number of likely N-dealkylation sites (tertiary alicyclic amines) is 1. The minimum absolute atomic E-state index is 0.00806. The van der Waals surface area contributed by atoms with Gasteiger partial charge in [0.25, 0.3) is 0 Å². The van der Waals surface area contributed by atoms with Crippen molar-refractivity contribution in [1.29, 1.82) is 0 Å². The van der Waals surface area contributed by atoms with Crippen LogP contribution < -0.4 is 0 Å². The molecule has 0 aromatic rings. The fraction of sp³-hybridized carbons (Fsp3) is 0.833. The Labute approximate surface area is 101 Å². The SMILES string of the molecule is O=C(O)[C@@H]1CCCN1C(=O)OC1CCCCC1. The number of hydrogen-bond donors (Lipinski definition) is 1. The number of amides is 1. The first kappa shape index (κ1) is 12.2. The predicted molar refractivity (Wildman–Crippen MR) is 60.7 cm³/mol. The number of hydrogen-bond acceptors (Lipinski definition) is 3. The van der Waals surface area contributed by atoms with E-state index < -0.39 is 18.1 Å². The molecule has 0 spiro atoms. The molecule has 0 radical (unpaired) electrons. The third kappa shape index (κ3) is 2.90. The molecule has 2 aliphatic rings. The highest BCUT2D eigenvalue weighted by atomic mass is 16.6. The molecule has 2 fully saturated rings. The minimum Gasteiger partial charge on any atom is -0.480 e. The van der Waals surface area contributed by atoms with Crippen LogP contribution in [0.4, 0.5) is 4.79 Å². The van der Waals surface area contributed by atoms with Crippen LogP contribution in [0.2, 0.25) is 0 Å². The van der Waals surface area contributed by atoms with Gasteiger partial charge in [-0.25, -0.2) is 9.59 Å². The van der Waals surface area contributed by atoms with E-state index in [0.29, 0.717) is 13.0 Å². The lowest BCUT2D eigenvalue weighted by atomic mass is 9.98. The van der Waals surface area contributed by atoms with Crippen LogP contribution in [0.3, 0.4) is 0 Å². The highest BCUT2D eigenvalue weighted by molar-refractivity contribution is 5.80. The van der Waals surface area contributed by atoms with E-state index in [1.807, 2.05) is 0 Å². The molecule has 96 valence electrons. The molecule has 1 saturated carbocycles.